The van der Waals surface area contributed by atoms with Crippen LogP contribution in [-0.2, 0) is 0 Å². The zero-order valence-corrected chi connectivity index (χ0v) is 11.6. The van der Waals surface area contributed by atoms with E-state index in [-0.39, 0.29) is 0 Å². The van der Waals surface area contributed by atoms with Crippen molar-refractivity contribution in [3.63, 3.8) is 0 Å². The van der Waals surface area contributed by atoms with Gasteiger partial charge in [-0.05, 0) is 36.8 Å². The van der Waals surface area contributed by atoms with Gasteiger partial charge in [0.2, 0.25) is 0 Å². The molecule has 2 heterocycles. The molecule has 7 heteroatoms. The van der Waals surface area contributed by atoms with Crippen molar-refractivity contribution < 1.29 is 17.6 Å². The third-order valence-electron chi connectivity index (χ3n) is 3.63. The van der Waals surface area contributed by atoms with E-state index in [2.05, 4.69) is 15.5 Å². The highest BCUT2D eigenvalue weighted by molar-refractivity contribution is 5.82. The van der Waals surface area contributed by atoms with Gasteiger partial charge in [-0.3, -0.25) is 5.10 Å². The molecular weight excluding hydrogens is 298 g/mol. The van der Waals surface area contributed by atoms with Gasteiger partial charge in [0, 0.05) is 17.0 Å². The Labute approximate surface area is 123 Å². The molecule has 0 spiro atoms. The number of alkyl halides is 4. The van der Waals surface area contributed by atoms with Gasteiger partial charge in [0.15, 0.2) is 0 Å². The van der Waals surface area contributed by atoms with Gasteiger partial charge in [-0.25, -0.2) is 17.6 Å². The van der Waals surface area contributed by atoms with Gasteiger partial charge in [-0.1, -0.05) is 6.07 Å². The Morgan fingerprint density at radius 1 is 1.05 bits per heavy atom. The molecule has 0 atom stereocenters. The van der Waals surface area contributed by atoms with Crippen molar-refractivity contribution in [3.8, 4) is 0 Å². The summed E-state index contributed by atoms with van der Waals surface area (Å²) in [5, 5.41) is 9.85. The second-order valence-electron chi connectivity index (χ2n) is 5.12. The van der Waals surface area contributed by atoms with Crippen LogP contribution in [0.15, 0.2) is 41.7 Å². The van der Waals surface area contributed by atoms with Crippen LogP contribution in [0.2, 0.25) is 0 Å². The monoisotopic (exact) mass is 311 g/mol. The summed E-state index contributed by atoms with van der Waals surface area (Å²) >= 11 is 0. The summed E-state index contributed by atoms with van der Waals surface area (Å²) in [6.07, 6.45) is -3.12. The van der Waals surface area contributed by atoms with Crippen molar-refractivity contribution in [2.45, 2.75) is 25.7 Å². The number of benzene rings is 1. The maximum Gasteiger partial charge on any atom is 0.277 e. The molecule has 1 aromatic carbocycles. The molecule has 0 saturated heterocycles. The number of hydrogen-bond acceptors (Lipinski definition) is 2. The summed E-state index contributed by atoms with van der Waals surface area (Å²) in [6, 6.07) is 5.23. The second kappa shape index (κ2) is 5.47. The van der Waals surface area contributed by atoms with Crippen molar-refractivity contribution in [2.24, 2.45) is 0 Å². The predicted molar refractivity (Wildman–Crippen MR) is 74.9 cm³/mol. The highest BCUT2D eigenvalue weighted by atomic mass is 19.3. The average Bonchev–Trinajstić information content (AvgIpc) is 2.87. The first-order chi connectivity index (χ1) is 10.5. The molecule has 0 saturated carbocycles. The van der Waals surface area contributed by atoms with Crippen LogP contribution < -0.4 is 5.32 Å². The van der Waals surface area contributed by atoms with Crippen molar-refractivity contribution >= 4 is 10.9 Å². The van der Waals surface area contributed by atoms with Crippen LogP contribution in [0.5, 0.6) is 0 Å². The third-order valence-corrected chi connectivity index (χ3v) is 3.63. The minimum atomic E-state index is -2.83. The Balaban J connectivity index is 2.05. The molecular formula is C15H13F4N3. The van der Waals surface area contributed by atoms with E-state index < -0.39 is 30.2 Å². The van der Waals surface area contributed by atoms with Gasteiger partial charge < -0.3 is 5.32 Å². The van der Waals surface area contributed by atoms with Crippen molar-refractivity contribution in [2.75, 3.05) is 0 Å². The first-order valence-electron chi connectivity index (χ1n) is 6.67. The molecule has 2 aromatic rings. The number of halogens is 4. The van der Waals surface area contributed by atoms with Gasteiger partial charge >= 0.3 is 0 Å². The summed E-state index contributed by atoms with van der Waals surface area (Å²) in [5.41, 5.74) is 1.25. The Morgan fingerprint density at radius 3 is 2.27 bits per heavy atom. The van der Waals surface area contributed by atoms with Crippen molar-refractivity contribution in [3.05, 3.63) is 53.0 Å². The van der Waals surface area contributed by atoms with E-state index >= 15 is 0 Å². The molecule has 0 bridgehead atoms. The number of allylic oxidation sites excluding steroid dienone is 4. The summed E-state index contributed by atoms with van der Waals surface area (Å²) in [4.78, 5) is 0. The zero-order valence-electron chi connectivity index (χ0n) is 11.6. The van der Waals surface area contributed by atoms with Crippen LogP contribution in [0.4, 0.5) is 17.6 Å². The van der Waals surface area contributed by atoms with Crippen molar-refractivity contribution in [1.29, 1.82) is 0 Å². The minimum absolute atomic E-state index is 0.494. The number of aryl methyl sites for hydroxylation is 1. The Hall–Kier alpha value is -2.31. The van der Waals surface area contributed by atoms with Gasteiger partial charge in [-0.15, -0.1) is 0 Å². The Morgan fingerprint density at radius 2 is 1.68 bits per heavy atom. The SMILES string of the molecule is Cc1[nH]nc2ccc(C3C=C(C(F)F)NC(C(F)F)=C3)cc12. The fourth-order valence-electron chi connectivity index (χ4n) is 2.50. The normalized spacial score (nSPS) is 16.1. The Kier molecular flexibility index (Phi) is 3.64. The van der Waals surface area contributed by atoms with Crippen LogP contribution in [-0.4, -0.2) is 23.0 Å². The topological polar surface area (TPSA) is 40.7 Å². The average molecular weight is 311 g/mol. The lowest BCUT2D eigenvalue weighted by atomic mass is 9.93. The first kappa shape index (κ1) is 14.6. The van der Waals surface area contributed by atoms with Gasteiger partial charge in [-0.2, -0.15) is 5.10 Å². The molecule has 1 aliphatic heterocycles. The quantitative estimate of drug-likeness (QED) is 0.845. The number of nitrogens with one attached hydrogen (secondary N) is 2. The first-order valence-corrected chi connectivity index (χ1v) is 6.67. The van der Waals surface area contributed by atoms with Crippen LogP contribution >= 0.6 is 0 Å². The molecule has 1 aromatic heterocycles. The minimum Gasteiger partial charge on any atom is -0.353 e. The molecule has 3 rings (SSSR count). The fourth-order valence-corrected chi connectivity index (χ4v) is 2.50. The van der Waals surface area contributed by atoms with Crippen LogP contribution in [0.1, 0.15) is 17.2 Å². The maximum atomic E-state index is 12.9. The smallest absolute Gasteiger partial charge is 0.277 e. The molecule has 0 amide bonds. The van der Waals surface area contributed by atoms with E-state index in [4.69, 9.17) is 0 Å². The summed E-state index contributed by atoms with van der Waals surface area (Å²) in [7, 11) is 0. The van der Waals surface area contributed by atoms with Crippen LogP contribution in [0.3, 0.4) is 0 Å². The lowest BCUT2D eigenvalue weighted by molar-refractivity contribution is 0.160. The van der Waals surface area contributed by atoms with E-state index in [1.54, 1.807) is 18.2 Å². The number of H-pyrrole nitrogens is 1. The zero-order chi connectivity index (χ0) is 15.9. The van der Waals surface area contributed by atoms with Crippen molar-refractivity contribution in [1.82, 2.24) is 15.5 Å². The lowest BCUT2D eigenvalue weighted by Crippen LogP contribution is -2.27. The highest BCUT2D eigenvalue weighted by Gasteiger charge is 2.25. The van der Waals surface area contributed by atoms with E-state index in [0.717, 1.165) is 16.6 Å². The molecule has 22 heavy (non-hydrogen) atoms. The largest absolute Gasteiger partial charge is 0.353 e. The summed E-state index contributed by atoms with van der Waals surface area (Å²) < 4.78 is 51.6. The number of rotatable bonds is 3. The number of dihydropyridines is 1. The standard InChI is InChI=1S/C15H13F4N3/c1-7-10-4-8(2-3-11(10)22-21-7)9-5-12(14(16)17)20-13(6-9)15(18)19/h2-6,9,14-15,20H,1H3,(H,21,22). The molecule has 3 nitrogen and oxygen atoms in total. The molecule has 0 fully saturated rings. The fraction of sp³-hybridized carbons (Fsp3) is 0.267. The van der Waals surface area contributed by atoms with Gasteiger partial charge in [0.25, 0.3) is 12.9 Å². The molecule has 116 valence electrons. The molecule has 1 aliphatic rings. The highest BCUT2D eigenvalue weighted by Crippen LogP contribution is 2.31. The van der Waals surface area contributed by atoms with Gasteiger partial charge in [0.05, 0.1) is 16.9 Å². The Bertz CT molecular complexity index is 737. The molecule has 2 N–H and O–H groups in total. The van der Waals surface area contributed by atoms with Crippen LogP contribution in [0, 0.1) is 6.92 Å². The van der Waals surface area contributed by atoms with E-state index in [9.17, 15) is 17.6 Å². The molecule has 0 radical (unpaired) electrons. The molecule has 0 unspecified atom stereocenters. The maximum absolute atomic E-state index is 12.9. The predicted octanol–water partition coefficient (Wildman–Crippen LogP) is 3.86. The summed E-state index contributed by atoms with van der Waals surface area (Å²) in [5.74, 6) is -0.632. The number of nitrogens with zero attached hydrogens (tertiary/aromatic N) is 1. The van der Waals surface area contributed by atoms with Crippen LogP contribution in [0.25, 0.3) is 10.9 Å². The van der Waals surface area contributed by atoms with E-state index in [0.29, 0.717) is 5.56 Å². The number of aromatic amines is 1. The number of hydrogen-bond donors (Lipinski definition) is 2. The van der Waals surface area contributed by atoms with E-state index in [1.807, 2.05) is 6.92 Å². The second-order valence-corrected chi connectivity index (χ2v) is 5.12. The van der Waals surface area contributed by atoms with E-state index in [1.165, 1.54) is 12.2 Å². The number of aromatic nitrogens is 2. The lowest BCUT2D eigenvalue weighted by Gasteiger charge is -2.22. The summed E-state index contributed by atoms with van der Waals surface area (Å²) in [6.45, 7) is 1.84. The molecule has 0 aliphatic carbocycles. The van der Waals surface area contributed by atoms with Gasteiger partial charge in [0.1, 0.15) is 0 Å². The number of fused-ring (bicyclic) bond motifs is 1. The third kappa shape index (κ3) is 2.58.